The summed E-state index contributed by atoms with van der Waals surface area (Å²) in [6.07, 6.45) is 0. The van der Waals surface area contributed by atoms with Crippen molar-refractivity contribution in [2.75, 3.05) is 6.54 Å². The van der Waals surface area contributed by atoms with E-state index in [0.29, 0.717) is 6.54 Å². The second-order valence-corrected chi connectivity index (χ2v) is 5.69. The van der Waals surface area contributed by atoms with Gasteiger partial charge in [0.25, 0.3) is 0 Å². The lowest BCUT2D eigenvalue weighted by Gasteiger charge is -2.22. The van der Waals surface area contributed by atoms with Gasteiger partial charge >= 0.3 is 0 Å². The van der Waals surface area contributed by atoms with Gasteiger partial charge in [0.05, 0.1) is 12.0 Å². The molecule has 100 valence electrons. The Morgan fingerprint density at radius 1 is 1.33 bits per heavy atom. The van der Waals surface area contributed by atoms with Gasteiger partial charge in [-0.05, 0) is 24.5 Å². The van der Waals surface area contributed by atoms with Gasteiger partial charge in [0, 0.05) is 11.0 Å². The smallest absolute Gasteiger partial charge is 0.225 e. The Kier molecular flexibility index (Phi) is 5.82. The van der Waals surface area contributed by atoms with Crippen molar-refractivity contribution in [1.82, 2.24) is 5.32 Å². The van der Waals surface area contributed by atoms with E-state index in [1.165, 1.54) is 0 Å². The van der Waals surface area contributed by atoms with Crippen LogP contribution in [0, 0.1) is 11.8 Å². The van der Waals surface area contributed by atoms with Crippen LogP contribution in [0.3, 0.4) is 0 Å². The van der Waals surface area contributed by atoms with Crippen LogP contribution in [-0.2, 0) is 4.79 Å². The summed E-state index contributed by atoms with van der Waals surface area (Å²) in [6, 6.07) is 7.87. The molecule has 2 atom stereocenters. The molecule has 0 aliphatic heterocycles. The second-order valence-electron chi connectivity index (χ2n) is 4.84. The molecule has 1 aromatic carbocycles. The Hall–Kier alpha value is -0.870. The van der Waals surface area contributed by atoms with E-state index in [0.717, 1.165) is 10.0 Å². The van der Waals surface area contributed by atoms with Gasteiger partial charge in [0.15, 0.2) is 0 Å². The van der Waals surface area contributed by atoms with Crippen molar-refractivity contribution in [1.29, 1.82) is 0 Å². The predicted molar refractivity (Wildman–Crippen MR) is 78.1 cm³/mol. The van der Waals surface area contributed by atoms with E-state index in [9.17, 15) is 4.79 Å². The van der Waals surface area contributed by atoms with Crippen LogP contribution in [0.25, 0.3) is 0 Å². The molecule has 1 aromatic rings. The molecular weight excluding hydrogens is 292 g/mol. The van der Waals surface area contributed by atoms with Gasteiger partial charge in [0.2, 0.25) is 5.91 Å². The standard InChI is InChI=1S/C14H21BrN2O/c1-9(2)12(8-16)14(18)17-10(3)11-6-4-5-7-13(11)15/h4-7,9-10,12H,8,16H2,1-3H3,(H,17,18)/t10-,12?/m0/s1. The fourth-order valence-corrected chi connectivity index (χ4v) is 2.53. The molecule has 3 nitrogen and oxygen atoms in total. The minimum Gasteiger partial charge on any atom is -0.349 e. The zero-order chi connectivity index (χ0) is 13.7. The summed E-state index contributed by atoms with van der Waals surface area (Å²) < 4.78 is 1.01. The van der Waals surface area contributed by atoms with E-state index < -0.39 is 0 Å². The van der Waals surface area contributed by atoms with Crippen LogP contribution in [-0.4, -0.2) is 12.5 Å². The van der Waals surface area contributed by atoms with Gasteiger partial charge in [-0.25, -0.2) is 0 Å². The van der Waals surface area contributed by atoms with E-state index >= 15 is 0 Å². The third-order valence-electron chi connectivity index (χ3n) is 3.13. The molecule has 1 unspecified atom stereocenters. The van der Waals surface area contributed by atoms with Crippen molar-refractivity contribution < 1.29 is 4.79 Å². The molecule has 0 saturated carbocycles. The third kappa shape index (κ3) is 3.82. The molecule has 0 radical (unpaired) electrons. The lowest BCUT2D eigenvalue weighted by molar-refractivity contribution is -0.126. The van der Waals surface area contributed by atoms with Crippen molar-refractivity contribution in [2.24, 2.45) is 17.6 Å². The maximum atomic E-state index is 12.1. The number of amides is 1. The van der Waals surface area contributed by atoms with Crippen molar-refractivity contribution in [3.8, 4) is 0 Å². The summed E-state index contributed by atoms with van der Waals surface area (Å²) >= 11 is 3.49. The number of carbonyl (C=O) groups excluding carboxylic acids is 1. The number of nitrogens with one attached hydrogen (secondary N) is 1. The lowest BCUT2D eigenvalue weighted by atomic mass is 9.94. The fraction of sp³-hybridized carbons (Fsp3) is 0.500. The Bertz CT molecular complexity index is 407. The molecule has 4 heteroatoms. The summed E-state index contributed by atoms with van der Waals surface area (Å²) in [5, 5.41) is 3.02. The second kappa shape index (κ2) is 6.90. The van der Waals surface area contributed by atoms with Crippen LogP contribution in [0.4, 0.5) is 0 Å². The maximum absolute atomic E-state index is 12.1. The van der Waals surface area contributed by atoms with Gasteiger partial charge in [-0.2, -0.15) is 0 Å². The number of benzene rings is 1. The summed E-state index contributed by atoms with van der Waals surface area (Å²) in [4.78, 5) is 12.1. The van der Waals surface area contributed by atoms with Crippen LogP contribution < -0.4 is 11.1 Å². The normalized spacial score (nSPS) is 14.3. The zero-order valence-corrected chi connectivity index (χ0v) is 12.7. The Labute approximate surface area is 117 Å². The van der Waals surface area contributed by atoms with Crippen LogP contribution in [0.15, 0.2) is 28.7 Å². The highest BCUT2D eigenvalue weighted by atomic mass is 79.9. The first-order chi connectivity index (χ1) is 8.47. The number of hydrogen-bond donors (Lipinski definition) is 2. The molecular formula is C14H21BrN2O. The molecule has 18 heavy (non-hydrogen) atoms. The van der Waals surface area contributed by atoms with Crippen molar-refractivity contribution in [2.45, 2.75) is 26.8 Å². The highest BCUT2D eigenvalue weighted by molar-refractivity contribution is 9.10. The monoisotopic (exact) mass is 312 g/mol. The SMILES string of the molecule is CC(C)C(CN)C(=O)N[C@@H](C)c1ccccc1Br. The van der Waals surface area contributed by atoms with E-state index in [4.69, 9.17) is 5.73 Å². The molecule has 0 bridgehead atoms. The van der Waals surface area contributed by atoms with Gasteiger partial charge < -0.3 is 11.1 Å². The first-order valence-corrected chi connectivity index (χ1v) is 7.01. The van der Waals surface area contributed by atoms with Crippen LogP contribution >= 0.6 is 15.9 Å². The highest BCUT2D eigenvalue weighted by Gasteiger charge is 2.22. The number of hydrogen-bond acceptors (Lipinski definition) is 2. The molecule has 1 amide bonds. The van der Waals surface area contributed by atoms with Crippen molar-refractivity contribution >= 4 is 21.8 Å². The Morgan fingerprint density at radius 3 is 2.44 bits per heavy atom. The predicted octanol–water partition coefficient (Wildman–Crippen LogP) is 2.86. The lowest BCUT2D eigenvalue weighted by Crippen LogP contribution is -2.39. The van der Waals surface area contributed by atoms with Crippen LogP contribution in [0.1, 0.15) is 32.4 Å². The summed E-state index contributed by atoms with van der Waals surface area (Å²) in [5.74, 6) is 0.145. The minimum atomic E-state index is -0.130. The fourth-order valence-electron chi connectivity index (χ4n) is 1.91. The minimum absolute atomic E-state index is 0.0238. The molecule has 0 fully saturated rings. The summed E-state index contributed by atoms with van der Waals surface area (Å²) in [7, 11) is 0. The summed E-state index contributed by atoms with van der Waals surface area (Å²) in [5.41, 5.74) is 6.72. The molecule has 1 rings (SSSR count). The number of carbonyl (C=O) groups is 1. The third-order valence-corrected chi connectivity index (χ3v) is 3.85. The van der Waals surface area contributed by atoms with Crippen LogP contribution in [0.5, 0.6) is 0 Å². The molecule has 0 aliphatic carbocycles. The first-order valence-electron chi connectivity index (χ1n) is 6.22. The zero-order valence-electron chi connectivity index (χ0n) is 11.1. The van der Waals surface area contributed by atoms with Crippen molar-refractivity contribution in [3.63, 3.8) is 0 Å². The van der Waals surface area contributed by atoms with Gasteiger partial charge in [0.1, 0.15) is 0 Å². The van der Waals surface area contributed by atoms with E-state index in [1.807, 2.05) is 45.0 Å². The Balaban J connectivity index is 2.73. The molecule has 0 aromatic heterocycles. The van der Waals surface area contributed by atoms with Crippen LogP contribution in [0.2, 0.25) is 0 Å². The molecule has 3 N–H and O–H groups in total. The largest absolute Gasteiger partial charge is 0.349 e. The van der Waals surface area contributed by atoms with Gasteiger partial charge in [-0.3, -0.25) is 4.79 Å². The molecule has 0 aliphatic rings. The quantitative estimate of drug-likeness (QED) is 0.878. The van der Waals surface area contributed by atoms with Gasteiger partial charge in [-0.15, -0.1) is 0 Å². The van der Waals surface area contributed by atoms with E-state index in [1.54, 1.807) is 0 Å². The highest BCUT2D eigenvalue weighted by Crippen LogP contribution is 2.23. The van der Waals surface area contributed by atoms with E-state index in [2.05, 4.69) is 21.2 Å². The number of nitrogens with two attached hydrogens (primary N) is 1. The van der Waals surface area contributed by atoms with Crippen molar-refractivity contribution in [3.05, 3.63) is 34.3 Å². The molecule has 0 heterocycles. The Morgan fingerprint density at radius 2 is 1.94 bits per heavy atom. The maximum Gasteiger partial charge on any atom is 0.225 e. The number of halogens is 1. The average molecular weight is 313 g/mol. The van der Waals surface area contributed by atoms with E-state index in [-0.39, 0.29) is 23.8 Å². The molecule has 0 spiro atoms. The average Bonchev–Trinajstić information content (AvgIpc) is 2.29. The molecule has 0 saturated heterocycles. The van der Waals surface area contributed by atoms with Gasteiger partial charge in [-0.1, -0.05) is 48.0 Å². The summed E-state index contributed by atoms with van der Waals surface area (Å²) in [6.45, 7) is 6.39. The number of rotatable bonds is 5. The topological polar surface area (TPSA) is 55.1 Å². The first kappa shape index (κ1) is 15.2.